The number of carbonyl (C=O) groups is 1. The van der Waals surface area contributed by atoms with E-state index in [1.807, 2.05) is 6.92 Å². The molecule has 1 rings (SSSR count). The van der Waals surface area contributed by atoms with Crippen molar-refractivity contribution in [3.8, 4) is 0 Å². The average molecular weight is 158 g/mol. The summed E-state index contributed by atoms with van der Waals surface area (Å²) in [4.78, 5) is 10.1. The SMILES string of the molecule is CC(NC=O)C1CNCCO1. The molecule has 0 radical (unpaired) electrons. The van der Waals surface area contributed by atoms with Gasteiger partial charge in [-0.1, -0.05) is 0 Å². The zero-order valence-electron chi connectivity index (χ0n) is 6.67. The van der Waals surface area contributed by atoms with E-state index in [1.54, 1.807) is 0 Å². The number of morpholine rings is 1. The Labute approximate surface area is 66.3 Å². The molecule has 0 bridgehead atoms. The molecule has 1 saturated heterocycles. The van der Waals surface area contributed by atoms with Crippen molar-refractivity contribution in [2.45, 2.75) is 19.1 Å². The van der Waals surface area contributed by atoms with Crippen LogP contribution in [0.1, 0.15) is 6.92 Å². The Morgan fingerprint density at radius 3 is 3.18 bits per heavy atom. The van der Waals surface area contributed by atoms with Crippen LogP contribution in [0.5, 0.6) is 0 Å². The molecule has 0 aromatic rings. The van der Waals surface area contributed by atoms with Crippen LogP contribution in [-0.2, 0) is 9.53 Å². The van der Waals surface area contributed by atoms with Crippen molar-refractivity contribution >= 4 is 6.41 Å². The minimum Gasteiger partial charge on any atom is -0.373 e. The summed E-state index contributed by atoms with van der Waals surface area (Å²) in [5.74, 6) is 0. The molecule has 0 aliphatic carbocycles. The van der Waals surface area contributed by atoms with E-state index >= 15 is 0 Å². The first-order valence-corrected chi connectivity index (χ1v) is 3.86. The fraction of sp³-hybridized carbons (Fsp3) is 0.857. The van der Waals surface area contributed by atoms with Crippen molar-refractivity contribution in [2.75, 3.05) is 19.7 Å². The van der Waals surface area contributed by atoms with E-state index in [-0.39, 0.29) is 12.1 Å². The van der Waals surface area contributed by atoms with E-state index < -0.39 is 0 Å². The average Bonchev–Trinajstić information content (AvgIpc) is 2.07. The van der Waals surface area contributed by atoms with Crippen LogP contribution in [0.2, 0.25) is 0 Å². The molecule has 64 valence electrons. The molecular formula is C7H14N2O2. The predicted octanol–water partition coefficient (Wildman–Crippen LogP) is -0.891. The lowest BCUT2D eigenvalue weighted by atomic mass is 10.1. The van der Waals surface area contributed by atoms with E-state index in [2.05, 4.69) is 10.6 Å². The lowest BCUT2D eigenvalue weighted by Crippen LogP contribution is -2.49. The lowest BCUT2D eigenvalue weighted by molar-refractivity contribution is -0.111. The summed E-state index contributed by atoms with van der Waals surface area (Å²) in [5.41, 5.74) is 0. The number of rotatable bonds is 3. The highest BCUT2D eigenvalue weighted by Gasteiger charge is 2.19. The zero-order valence-corrected chi connectivity index (χ0v) is 6.67. The molecule has 2 N–H and O–H groups in total. The van der Waals surface area contributed by atoms with Gasteiger partial charge in [-0.05, 0) is 6.92 Å². The fourth-order valence-corrected chi connectivity index (χ4v) is 1.12. The summed E-state index contributed by atoms with van der Waals surface area (Å²) < 4.78 is 5.41. The van der Waals surface area contributed by atoms with Crippen LogP contribution in [0.4, 0.5) is 0 Å². The molecular weight excluding hydrogens is 144 g/mol. The van der Waals surface area contributed by atoms with Crippen molar-refractivity contribution in [1.29, 1.82) is 0 Å². The van der Waals surface area contributed by atoms with Gasteiger partial charge < -0.3 is 15.4 Å². The van der Waals surface area contributed by atoms with Crippen molar-refractivity contribution in [3.05, 3.63) is 0 Å². The van der Waals surface area contributed by atoms with Gasteiger partial charge in [-0.3, -0.25) is 4.79 Å². The summed E-state index contributed by atoms with van der Waals surface area (Å²) in [7, 11) is 0. The van der Waals surface area contributed by atoms with E-state index in [4.69, 9.17) is 4.74 Å². The van der Waals surface area contributed by atoms with Gasteiger partial charge in [-0.25, -0.2) is 0 Å². The van der Waals surface area contributed by atoms with Crippen LogP contribution in [0, 0.1) is 0 Å². The molecule has 0 aromatic carbocycles. The summed E-state index contributed by atoms with van der Waals surface area (Å²) in [6.07, 6.45) is 0.830. The van der Waals surface area contributed by atoms with Crippen molar-refractivity contribution in [1.82, 2.24) is 10.6 Å². The Kier molecular flexibility index (Phi) is 3.32. The van der Waals surface area contributed by atoms with Crippen molar-refractivity contribution < 1.29 is 9.53 Å². The topological polar surface area (TPSA) is 50.4 Å². The summed E-state index contributed by atoms with van der Waals surface area (Å²) in [6.45, 7) is 4.40. The highest BCUT2D eigenvalue weighted by atomic mass is 16.5. The van der Waals surface area contributed by atoms with Crippen LogP contribution in [0.25, 0.3) is 0 Å². The quantitative estimate of drug-likeness (QED) is 0.524. The second-order valence-electron chi connectivity index (χ2n) is 2.69. The number of hydrogen-bond donors (Lipinski definition) is 2. The second-order valence-corrected chi connectivity index (χ2v) is 2.69. The molecule has 1 aliphatic heterocycles. The molecule has 2 unspecified atom stereocenters. The van der Waals surface area contributed by atoms with Crippen LogP contribution in [0.3, 0.4) is 0 Å². The molecule has 0 aromatic heterocycles. The molecule has 1 fully saturated rings. The predicted molar refractivity (Wildman–Crippen MR) is 41.3 cm³/mol. The number of nitrogens with one attached hydrogen (secondary N) is 2. The first-order valence-electron chi connectivity index (χ1n) is 3.86. The molecule has 11 heavy (non-hydrogen) atoms. The Balaban J connectivity index is 2.26. The van der Waals surface area contributed by atoms with Gasteiger partial charge in [-0.2, -0.15) is 0 Å². The first kappa shape index (κ1) is 8.49. The molecule has 1 aliphatic rings. The summed E-state index contributed by atoms with van der Waals surface area (Å²) in [5, 5.41) is 5.86. The smallest absolute Gasteiger partial charge is 0.207 e. The molecule has 1 heterocycles. The van der Waals surface area contributed by atoms with Gasteiger partial charge in [0.25, 0.3) is 0 Å². The molecule has 1 amide bonds. The minimum atomic E-state index is 0.0975. The standard InChI is InChI=1S/C7H14N2O2/c1-6(9-5-10)7-4-8-2-3-11-7/h5-8H,2-4H2,1H3,(H,9,10). The van der Waals surface area contributed by atoms with E-state index in [0.29, 0.717) is 6.41 Å². The van der Waals surface area contributed by atoms with Gasteiger partial charge in [0.15, 0.2) is 0 Å². The van der Waals surface area contributed by atoms with E-state index in [9.17, 15) is 4.79 Å². The van der Waals surface area contributed by atoms with Crippen LogP contribution >= 0.6 is 0 Å². The summed E-state index contributed by atoms with van der Waals surface area (Å²) >= 11 is 0. The molecule has 0 saturated carbocycles. The van der Waals surface area contributed by atoms with Crippen LogP contribution < -0.4 is 10.6 Å². The maximum absolute atomic E-state index is 10.1. The van der Waals surface area contributed by atoms with E-state index in [1.165, 1.54) is 0 Å². The third kappa shape index (κ3) is 2.48. The van der Waals surface area contributed by atoms with Crippen molar-refractivity contribution in [2.24, 2.45) is 0 Å². The summed E-state index contributed by atoms with van der Waals surface area (Å²) in [6, 6.07) is 0.0975. The maximum atomic E-state index is 10.1. The van der Waals surface area contributed by atoms with Gasteiger partial charge in [0.05, 0.1) is 18.8 Å². The Morgan fingerprint density at radius 1 is 1.82 bits per heavy atom. The van der Waals surface area contributed by atoms with Crippen molar-refractivity contribution in [3.63, 3.8) is 0 Å². The number of hydrogen-bond acceptors (Lipinski definition) is 3. The highest BCUT2D eigenvalue weighted by molar-refractivity contribution is 5.46. The Morgan fingerprint density at radius 2 is 2.64 bits per heavy atom. The third-order valence-electron chi connectivity index (χ3n) is 1.84. The maximum Gasteiger partial charge on any atom is 0.207 e. The van der Waals surface area contributed by atoms with Crippen LogP contribution in [-0.4, -0.2) is 38.3 Å². The Hall–Kier alpha value is -0.610. The monoisotopic (exact) mass is 158 g/mol. The zero-order chi connectivity index (χ0) is 8.10. The number of carbonyl (C=O) groups excluding carboxylic acids is 1. The fourth-order valence-electron chi connectivity index (χ4n) is 1.12. The normalized spacial score (nSPS) is 27.5. The highest BCUT2D eigenvalue weighted by Crippen LogP contribution is 2.00. The van der Waals surface area contributed by atoms with Gasteiger partial charge >= 0.3 is 0 Å². The third-order valence-corrected chi connectivity index (χ3v) is 1.84. The Bertz CT molecular complexity index is 124. The molecule has 4 nitrogen and oxygen atoms in total. The second kappa shape index (κ2) is 4.31. The largest absolute Gasteiger partial charge is 0.373 e. The van der Waals surface area contributed by atoms with E-state index in [0.717, 1.165) is 19.7 Å². The first-order chi connectivity index (χ1) is 5.34. The van der Waals surface area contributed by atoms with Gasteiger partial charge in [0.1, 0.15) is 0 Å². The van der Waals surface area contributed by atoms with Gasteiger partial charge in [0, 0.05) is 13.1 Å². The van der Waals surface area contributed by atoms with Gasteiger partial charge in [-0.15, -0.1) is 0 Å². The lowest BCUT2D eigenvalue weighted by Gasteiger charge is -2.28. The molecule has 0 spiro atoms. The number of amides is 1. The molecule has 4 heteroatoms. The molecule has 2 atom stereocenters. The number of ether oxygens (including phenoxy) is 1. The van der Waals surface area contributed by atoms with Crippen LogP contribution in [0.15, 0.2) is 0 Å². The minimum absolute atomic E-state index is 0.0975. The van der Waals surface area contributed by atoms with Gasteiger partial charge in [0.2, 0.25) is 6.41 Å².